The molecule has 0 unspecified atom stereocenters. The summed E-state index contributed by atoms with van der Waals surface area (Å²) in [5, 5.41) is 5.61. The normalized spacial score (nSPS) is 18.2. The second-order valence-corrected chi connectivity index (χ2v) is 8.97. The van der Waals surface area contributed by atoms with Gasteiger partial charge in [0.1, 0.15) is 17.2 Å². The molecule has 1 heterocycles. The number of amides is 2. The molecule has 2 aliphatic carbocycles. The maximum Gasteiger partial charge on any atom is 0.328 e. The summed E-state index contributed by atoms with van der Waals surface area (Å²) in [6.07, 6.45) is 11.2. The number of nitrogens with one attached hydrogen (secondary N) is 2. The summed E-state index contributed by atoms with van der Waals surface area (Å²) in [5.41, 5.74) is -0.772. The number of aromatic nitrogens is 1. The van der Waals surface area contributed by atoms with Crippen molar-refractivity contribution in [3.05, 3.63) is 33.7 Å². The molecule has 0 saturated heterocycles. The van der Waals surface area contributed by atoms with Crippen molar-refractivity contribution in [1.82, 2.24) is 15.2 Å². The lowest BCUT2D eigenvalue weighted by Crippen LogP contribution is -2.47. The molecule has 1 aromatic heterocycles. The first-order chi connectivity index (χ1) is 14.8. The summed E-state index contributed by atoms with van der Waals surface area (Å²) in [5.74, 6) is -1.90. The fraction of sp³-hybridized carbons (Fsp3) is 0.652. The van der Waals surface area contributed by atoms with Gasteiger partial charge in [0, 0.05) is 24.5 Å². The number of rotatable bonds is 7. The van der Waals surface area contributed by atoms with E-state index in [1.54, 1.807) is 24.6 Å². The molecule has 2 saturated carbocycles. The number of hydrogen-bond acceptors (Lipinski definition) is 5. The smallest absolute Gasteiger partial charge is 0.328 e. The molecular formula is C23H33N3O5. The van der Waals surface area contributed by atoms with Crippen LogP contribution in [0.3, 0.4) is 0 Å². The molecule has 3 rings (SSSR count). The molecule has 0 aromatic carbocycles. The minimum Gasteiger partial charge on any atom is -0.467 e. The van der Waals surface area contributed by atoms with Gasteiger partial charge in [-0.25, -0.2) is 4.79 Å². The zero-order chi connectivity index (χ0) is 22.5. The zero-order valence-corrected chi connectivity index (χ0v) is 18.6. The van der Waals surface area contributed by atoms with Crippen molar-refractivity contribution in [1.29, 1.82) is 0 Å². The Hall–Kier alpha value is -2.64. The molecule has 2 aliphatic rings. The van der Waals surface area contributed by atoms with Gasteiger partial charge in [-0.05, 0) is 31.6 Å². The van der Waals surface area contributed by atoms with Crippen molar-refractivity contribution in [2.45, 2.75) is 83.3 Å². The number of ether oxygens (including phenoxy) is 1. The van der Waals surface area contributed by atoms with Crippen LogP contribution in [0, 0.1) is 5.92 Å². The lowest BCUT2D eigenvalue weighted by molar-refractivity contribution is -0.144. The highest BCUT2D eigenvalue weighted by Crippen LogP contribution is 2.34. The Morgan fingerprint density at radius 2 is 1.55 bits per heavy atom. The quantitative estimate of drug-likeness (QED) is 0.510. The van der Waals surface area contributed by atoms with Crippen LogP contribution in [-0.4, -0.2) is 41.5 Å². The fourth-order valence-corrected chi connectivity index (χ4v) is 4.04. The van der Waals surface area contributed by atoms with Gasteiger partial charge in [-0.1, -0.05) is 39.5 Å². The monoisotopic (exact) mass is 431 g/mol. The molecule has 0 bridgehead atoms. The lowest BCUT2D eigenvalue weighted by Gasteiger charge is -2.20. The number of methoxy groups -OCH3 is 1. The molecular weight excluding hydrogens is 398 g/mol. The first-order valence-corrected chi connectivity index (χ1v) is 11.3. The van der Waals surface area contributed by atoms with Crippen LogP contribution in [-0.2, 0) is 9.53 Å². The van der Waals surface area contributed by atoms with E-state index in [0.29, 0.717) is 0 Å². The van der Waals surface area contributed by atoms with Crippen LogP contribution >= 0.6 is 0 Å². The number of hydrogen-bond donors (Lipinski definition) is 2. The van der Waals surface area contributed by atoms with Crippen molar-refractivity contribution < 1.29 is 19.1 Å². The third-order valence-corrected chi connectivity index (χ3v) is 6.10. The van der Waals surface area contributed by atoms with E-state index in [4.69, 9.17) is 4.74 Å². The molecule has 1 aromatic rings. The number of pyridine rings is 1. The van der Waals surface area contributed by atoms with Crippen LogP contribution < -0.4 is 16.1 Å². The van der Waals surface area contributed by atoms with Crippen LogP contribution in [0.15, 0.2) is 17.2 Å². The van der Waals surface area contributed by atoms with Crippen molar-refractivity contribution in [3.63, 3.8) is 0 Å². The standard InChI is InChI=1S/C23H33N3O5/c1-14(2)19(23(30)31-3)25-22(29)18-13-26(16-10-11-16)12-17(20(18)27)21(28)24-15-8-6-4-5-7-9-15/h12-16,19H,4-11H2,1-3H3,(H,24,28)(H,25,29)/t19-/m0/s1. The molecule has 170 valence electrons. The first kappa shape index (κ1) is 23.0. The van der Waals surface area contributed by atoms with Gasteiger partial charge in [-0.15, -0.1) is 0 Å². The third-order valence-electron chi connectivity index (χ3n) is 6.10. The van der Waals surface area contributed by atoms with E-state index in [1.807, 2.05) is 0 Å². The largest absolute Gasteiger partial charge is 0.467 e. The van der Waals surface area contributed by atoms with Crippen LogP contribution in [0.2, 0.25) is 0 Å². The second kappa shape index (κ2) is 10.1. The van der Waals surface area contributed by atoms with Crippen LogP contribution in [0.4, 0.5) is 0 Å². The predicted octanol–water partition coefficient (Wildman–Crippen LogP) is 2.56. The molecule has 0 spiro atoms. The highest BCUT2D eigenvalue weighted by Gasteiger charge is 2.30. The van der Waals surface area contributed by atoms with E-state index in [0.717, 1.165) is 51.4 Å². The minimum atomic E-state index is -0.880. The van der Waals surface area contributed by atoms with Crippen LogP contribution in [0.5, 0.6) is 0 Å². The molecule has 2 N–H and O–H groups in total. The van der Waals surface area contributed by atoms with Gasteiger partial charge in [-0.3, -0.25) is 14.4 Å². The average Bonchev–Trinajstić information content (AvgIpc) is 3.59. The van der Waals surface area contributed by atoms with Crippen LogP contribution in [0.1, 0.15) is 92.0 Å². The van der Waals surface area contributed by atoms with Crippen molar-refractivity contribution in [3.8, 4) is 0 Å². The van der Waals surface area contributed by atoms with Gasteiger partial charge in [0.15, 0.2) is 0 Å². The molecule has 2 fully saturated rings. The predicted molar refractivity (Wildman–Crippen MR) is 116 cm³/mol. The maximum atomic E-state index is 13.1. The lowest BCUT2D eigenvalue weighted by atomic mass is 10.0. The number of carbonyl (C=O) groups excluding carboxylic acids is 3. The Morgan fingerprint density at radius 1 is 0.968 bits per heavy atom. The van der Waals surface area contributed by atoms with Crippen LogP contribution in [0.25, 0.3) is 0 Å². The summed E-state index contributed by atoms with van der Waals surface area (Å²) in [6.45, 7) is 3.56. The summed E-state index contributed by atoms with van der Waals surface area (Å²) in [4.78, 5) is 51.0. The molecule has 8 heteroatoms. The van der Waals surface area contributed by atoms with Gasteiger partial charge < -0.3 is 19.9 Å². The Balaban J connectivity index is 1.87. The first-order valence-electron chi connectivity index (χ1n) is 11.3. The van der Waals surface area contributed by atoms with E-state index < -0.39 is 29.3 Å². The Kier molecular flexibility index (Phi) is 7.51. The topological polar surface area (TPSA) is 106 Å². The van der Waals surface area contributed by atoms with Gasteiger partial charge in [0.2, 0.25) is 5.43 Å². The Morgan fingerprint density at radius 3 is 2.06 bits per heavy atom. The van der Waals surface area contributed by atoms with Gasteiger partial charge in [0.05, 0.1) is 7.11 Å². The summed E-state index contributed by atoms with van der Waals surface area (Å²) in [7, 11) is 1.25. The van der Waals surface area contributed by atoms with E-state index in [2.05, 4.69) is 10.6 Å². The fourth-order valence-electron chi connectivity index (χ4n) is 4.04. The number of carbonyl (C=O) groups is 3. The SMILES string of the molecule is COC(=O)[C@@H](NC(=O)c1cn(C2CC2)cc(C(=O)NC2CCCCCC2)c1=O)C(C)C. The third kappa shape index (κ3) is 5.74. The van der Waals surface area contributed by atoms with Gasteiger partial charge in [0.25, 0.3) is 11.8 Å². The summed E-state index contributed by atoms with van der Waals surface area (Å²) >= 11 is 0. The molecule has 1 atom stereocenters. The van der Waals surface area contributed by atoms with E-state index in [-0.39, 0.29) is 29.1 Å². The summed E-state index contributed by atoms with van der Waals surface area (Å²) in [6, 6.07) is -0.654. The Bertz CT molecular complexity index is 880. The maximum absolute atomic E-state index is 13.1. The molecule has 2 amide bonds. The minimum absolute atomic E-state index is 0.0250. The number of esters is 1. The number of nitrogens with zero attached hydrogens (tertiary/aromatic N) is 1. The van der Waals surface area contributed by atoms with Crippen molar-refractivity contribution in [2.24, 2.45) is 5.92 Å². The highest BCUT2D eigenvalue weighted by molar-refractivity contribution is 6.00. The molecule has 31 heavy (non-hydrogen) atoms. The van der Waals surface area contributed by atoms with E-state index in [1.165, 1.54) is 13.3 Å². The average molecular weight is 432 g/mol. The molecule has 8 nitrogen and oxygen atoms in total. The van der Waals surface area contributed by atoms with E-state index in [9.17, 15) is 19.2 Å². The van der Waals surface area contributed by atoms with Gasteiger partial charge in [-0.2, -0.15) is 0 Å². The van der Waals surface area contributed by atoms with E-state index >= 15 is 0 Å². The Labute approximate surface area is 182 Å². The van der Waals surface area contributed by atoms with Gasteiger partial charge >= 0.3 is 5.97 Å². The molecule has 0 aliphatic heterocycles. The van der Waals surface area contributed by atoms with Crippen molar-refractivity contribution >= 4 is 17.8 Å². The van der Waals surface area contributed by atoms with Crippen molar-refractivity contribution in [2.75, 3.05) is 7.11 Å². The second-order valence-electron chi connectivity index (χ2n) is 8.97. The summed E-state index contributed by atoms with van der Waals surface area (Å²) < 4.78 is 6.55. The molecule has 0 radical (unpaired) electrons. The zero-order valence-electron chi connectivity index (χ0n) is 18.6. The highest BCUT2D eigenvalue weighted by atomic mass is 16.5.